The monoisotopic (exact) mass is 278 g/mol. The van der Waals surface area contributed by atoms with Gasteiger partial charge in [-0.1, -0.05) is 11.2 Å². The smallest absolute Gasteiger partial charge is 0.189 e. The van der Waals surface area contributed by atoms with Gasteiger partial charge in [0.1, 0.15) is 5.69 Å². The van der Waals surface area contributed by atoms with Gasteiger partial charge in [0.15, 0.2) is 5.84 Å². The van der Waals surface area contributed by atoms with Crippen molar-refractivity contribution in [2.24, 2.45) is 10.9 Å². The second kappa shape index (κ2) is 6.19. The number of pyridine rings is 1. The molecule has 1 aliphatic heterocycles. The van der Waals surface area contributed by atoms with Crippen molar-refractivity contribution < 1.29 is 9.94 Å². The van der Waals surface area contributed by atoms with Crippen molar-refractivity contribution in [1.82, 2.24) is 10.3 Å². The Morgan fingerprint density at radius 1 is 1.65 bits per heavy atom. The minimum absolute atomic E-state index is 0.0368. The zero-order chi connectivity index (χ0) is 14.6. The number of aromatic nitrogens is 1. The number of amidine groups is 1. The lowest BCUT2D eigenvalue weighted by Gasteiger charge is -2.36. The van der Waals surface area contributed by atoms with Gasteiger partial charge in [0.2, 0.25) is 0 Å². The van der Waals surface area contributed by atoms with Crippen LogP contribution < -0.4 is 11.1 Å². The molecule has 1 aromatic rings. The van der Waals surface area contributed by atoms with Gasteiger partial charge in [-0.15, -0.1) is 0 Å². The number of nitrogens with two attached hydrogens (primary N) is 1. The maximum atomic E-state index is 8.78. The van der Waals surface area contributed by atoms with Gasteiger partial charge < -0.3 is 21.0 Å². The van der Waals surface area contributed by atoms with Crippen LogP contribution in [0.2, 0.25) is 0 Å². The summed E-state index contributed by atoms with van der Waals surface area (Å²) >= 11 is 0. The summed E-state index contributed by atoms with van der Waals surface area (Å²) in [6, 6.07) is 4.18. The number of nitrogens with zero attached hydrogens (tertiary/aromatic N) is 2. The maximum absolute atomic E-state index is 8.78. The van der Waals surface area contributed by atoms with Crippen LogP contribution in [0, 0.1) is 0 Å². The fraction of sp³-hybridized carbons (Fsp3) is 0.571. The average molecular weight is 278 g/mol. The highest BCUT2D eigenvalue weighted by Crippen LogP contribution is 2.24. The summed E-state index contributed by atoms with van der Waals surface area (Å²) in [4.78, 5) is 4.16. The fourth-order valence-electron chi connectivity index (χ4n) is 2.52. The molecule has 0 aliphatic carbocycles. The molecule has 0 bridgehead atoms. The predicted molar refractivity (Wildman–Crippen MR) is 76.6 cm³/mol. The lowest BCUT2D eigenvalue weighted by atomic mass is 9.94. The van der Waals surface area contributed by atoms with E-state index >= 15 is 0 Å². The lowest BCUT2D eigenvalue weighted by Crippen LogP contribution is -2.43. The van der Waals surface area contributed by atoms with Gasteiger partial charge in [-0.3, -0.25) is 4.98 Å². The summed E-state index contributed by atoms with van der Waals surface area (Å²) in [6.45, 7) is 5.62. The van der Waals surface area contributed by atoms with E-state index in [1.165, 1.54) is 0 Å². The summed E-state index contributed by atoms with van der Waals surface area (Å²) in [5, 5.41) is 15.3. The van der Waals surface area contributed by atoms with E-state index in [0.717, 1.165) is 25.0 Å². The molecule has 0 saturated carbocycles. The highest BCUT2D eigenvalue weighted by atomic mass is 16.5. The Morgan fingerprint density at radius 3 is 3.15 bits per heavy atom. The van der Waals surface area contributed by atoms with E-state index in [9.17, 15) is 0 Å². The first-order valence-electron chi connectivity index (χ1n) is 6.81. The van der Waals surface area contributed by atoms with E-state index < -0.39 is 0 Å². The quantitative estimate of drug-likeness (QED) is 0.333. The number of nitrogens with one attached hydrogen (secondary N) is 1. The van der Waals surface area contributed by atoms with Crippen LogP contribution in [-0.2, 0) is 11.3 Å². The Bertz CT molecular complexity index is 488. The number of hydrogen-bond donors (Lipinski definition) is 3. The van der Waals surface area contributed by atoms with Crippen LogP contribution in [0.25, 0.3) is 0 Å². The molecular formula is C14H22N4O2. The molecule has 1 atom stereocenters. The second-order valence-corrected chi connectivity index (χ2v) is 5.68. The first kappa shape index (κ1) is 14.7. The first-order chi connectivity index (χ1) is 9.52. The van der Waals surface area contributed by atoms with Crippen molar-refractivity contribution in [3.05, 3.63) is 29.6 Å². The number of oxime groups is 1. The molecule has 1 fully saturated rings. The minimum Gasteiger partial charge on any atom is -0.409 e. The Morgan fingerprint density at radius 2 is 2.45 bits per heavy atom. The predicted octanol–water partition coefficient (Wildman–Crippen LogP) is 1.22. The largest absolute Gasteiger partial charge is 0.409 e. The Balaban J connectivity index is 2.01. The van der Waals surface area contributed by atoms with Crippen molar-refractivity contribution in [2.75, 3.05) is 6.61 Å². The molecule has 110 valence electrons. The number of rotatable bonds is 4. The first-order valence-corrected chi connectivity index (χ1v) is 6.81. The van der Waals surface area contributed by atoms with Crippen molar-refractivity contribution in [3.8, 4) is 0 Å². The van der Waals surface area contributed by atoms with Crippen molar-refractivity contribution in [1.29, 1.82) is 0 Å². The van der Waals surface area contributed by atoms with Gasteiger partial charge in [0.25, 0.3) is 0 Å². The van der Waals surface area contributed by atoms with Gasteiger partial charge >= 0.3 is 0 Å². The zero-order valence-corrected chi connectivity index (χ0v) is 12.0. The van der Waals surface area contributed by atoms with Gasteiger partial charge in [-0.05, 0) is 38.3 Å². The highest BCUT2D eigenvalue weighted by molar-refractivity contribution is 5.96. The van der Waals surface area contributed by atoms with Crippen LogP contribution in [0.1, 0.15) is 37.9 Å². The highest BCUT2D eigenvalue weighted by Gasteiger charge is 2.28. The molecule has 1 aromatic heterocycles. The molecule has 1 aliphatic rings. The summed E-state index contributed by atoms with van der Waals surface area (Å²) in [6.07, 6.45) is 3.59. The van der Waals surface area contributed by atoms with Gasteiger partial charge in [-0.25, -0.2) is 0 Å². The van der Waals surface area contributed by atoms with E-state index in [2.05, 4.69) is 29.3 Å². The van der Waals surface area contributed by atoms with Crippen LogP contribution in [0.4, 0.5) is 0 Å². The molecule has 4 N–H and O–H groups in total. The zero-order valence-electron chi connectivity index (χ0n) is 12.0. The normalized spacial score (nSPS) is 22.7. The Kier molecular flexibility index (Phi) is 4.57. The van der Waals surface area contributed by atoms with Crippen LogP contribution in [0.3, 0.4) is 0 Å². The molecule has 1 saturated heterocycles. The molecule has 1 unspecified atom stereocenters. The fourth-order valence-corrected chi connectivity index (χ4v) is 2.52. The lowest BCUT2D eigenvalue weighted by molar-refractivity contribution is -0.0630. The van der Waals surface area contributed by atoms with Gasteiger partial charge in [0.05, 0.1) is 5.60 Å². The summed E-state index contributed by atoms with van der Waals surface area (Å²) in [5.74, 6) is 0.0368. The van der Waals surface area contributed by atoms with Gasteiger partial charge in [0, 0.05) is 25.4 Å². The average Bonchev–Trinajstić information content (AvgIpc) is 2.43. The number of hydrogen-bond acceptors (Lipinski definition) is 5. The van der Waals surface area contributed by atoms with Crippen molar-refractivity contribution in [2.45, 2.75) is 44.9 Å². The van der Waals surface area contributed by atoms with E-state index in [0.29, 0.717) is 18.3 Å². The molecule has 6 heteroatoms. The third kappa shape index (κ3) is 3.68. The third-order valence-electron chi connectivity index (χ3n) is 3.52. The van der Waals surface area contributed by atoms with E-state index in [1.807, 2.05) is 12.1 Å². The van der Waals surface area contributed by atoms with E-state index in [4.69, 9.17) is 15.7 Å². The molecule has 2 heterocycles. The van der Waals surface area contributed by atoms with Crippen molar-refractivity contribution >= 4 is 5.84 Å². The molecule has 0 radical (unpaired) electrons. The molecule has 2 rings (SSSR count). The summed E-state index contributed by atoms with van der Waals surface area (Å²) in [5.41, 5.74) is 7.00. The van der Waals surface area contributed by atoms with E-state index in [-0.39, 0.29) is 11.4 Å². The molecule has 20 heavy (non-hydrogen) atoms. The van der Waals surface area contributed by atoms with Crippen LogP contribution in [0.5, 0.6) is 0 Å². The van der Waals surface area contributed by atoms with E-state index in [1.54, 1.807) is 6.20 Å². The van der Waals surface area contributed by atoms with Crippen molar-refractivity contribution in [3.63, 3.8) is 0 Å². The topological polar surface area (TPSA) is 92.8 Å². The Labute approximate surface area is 119 Å². The SMILES string of the molecule is CC1(C)CC(NCc2cccnc2/C(N)=N/O)CCO1. The minimum atomic E-state index is -0.0841. The van der Waals surface area contributed by atoms with Crippen LogP contribution in [-0.4, -0.2) is 34.3 Å². The number of ether oxygens (including phenoxy) is 1. The second-order valence-electron chi connectivity index (χ2n) is 5.68. The standard InChI is InChI=1S/C14H22N4O2/c1-14(2)8-11(5-7-20-14)17-9-10-4-3-6-16-12(10)13(15)18-19/h3-4,6,11,17,19H,5,7-9H2,1-2H3,(H2,15,18). The summed E-state index contributed by atoms with van der Waals surface area (Å²) < 4.78 is 5.70. The molecule has 0 aromatic carbocycles. The summed E-state index contributed by atoms with van der Waals surface area (Å²) in [7, 11) is 0. The molecule has 0 spiro atoms. The Hall–Kier alpha value is -1.66. The maximum Gasteiger partial charge on any atom is 0.189 e. The third-order valence-corrected chi connectivity index (χ3v) is 3.52. The van der Waals surface area contributed by atoms with Gasteiger partial charge in [-0.2, -0.15) is 0 Å². The van der Waals surface area contributed by atoms with Crippen LogP contribution in [0.15, 0.2) is 23.5 Å². The molecule has 0 amide bonds. The van der Waals surface area contributed by atoms with Crippen LogP contribution >= 0.6 is 0 Å². The molecule has 6 nitrogen and oxygen atoms in total. The molecular weight excluding hydrogens is 256 g/mol.